The second-order valence-electron chi connectivity index (χ2n) is 5.75. The predicted molar refractivity (Wildman–Crippen MR) is 69.6 cm³/mol. The number of likely N-dealkylation sites (tertiary alicyclic amines) is 1. The van der Waals surface area contributed by atoms with Gasteiger partial charge in [0.25, 0.3) is 0 Å². The van der Waals surface area contributed by atoms with Crippen LogP contribution in [0.25, 0.3) is 0 Å². The number of rotatable bonds is 3. The molecule has 3 rings (SSSR count). The first-order valence-corrected chi connectivity index (χ1v) is 6.84. The molecule has 2 fully saturated rings. The molecule has 0 saturated carbocycles. The summed E-state index contributed by atoms with van der Waals surface area (Å²) in [6.07, 6.45) is 6.41. The molecule has 0 amide bonds. The second kappa shape index (κ2) is 4.94. The van der Waals surface area contributed by atoms with Crippen LogP contribution < -0.4 is 5.32 Å². The molecular weight excluding hydrogens is 244 g/mol. The highest BCUT2D eigenvalue weighted by Crippen LogP contribution is 2.42. The molecule has 0 aromatic carbocycles. The van der Waals surface area contributed by atoms with E-state index in [1.54, 1.807) is 12.4 Å². The molecule has 2 aliphatic rings. The van der Waals surface area contributed by atoms with Crippen molar-refractivity contribution < 1.29 is 9.90 Å². The van der Waals surface area contributed by atoms with E-state index in [4.69, 9.17) is 0 Å². The average Bonchev–Trinajstić information content (AvgIpc) is 3.00. The fourth-order valence-corrected chi connectivity index (χ4v) is 3.45. The van der Waals surface area contributed by atoms with Crippen LogP contribution in [0.1, 0.15) is 25.1 Å². The zero-order valence-corrected chi connectivity index (χ0v) is 10.9. The molecule has 1 aromatic rings. The van der Waals surface area contributed by atoms with E-state index in [-0.39, 0.29) is 11.5 Å². The van der Waals surface area contributed by atoms with Crippen LogP contribution in [0.4, 0.5) is 0 Å². The Bertz CT molecular complexity index is 440. The molecule has 1 atom stereocenters. The number of hydrogen-bond acceptors (Lipinski definition) is 4. The summed E-state index contributed by atoms with van der Waals surface area (Å²) < 4.78 is 0. The first kappa shape index (κ1) is 12.6. The van der Waals surface area contributed by atoms with Crippen molar-refractivity contribution in [1.29, 1.82) is 0 Å². The van der Waals surface area contributed by atoms with Gasteiger partial charge in [-0.2, -0.15) is 0 Å². The smallest absolute Gasteiger partial charge is 0.320 e. The van der Waals surface area contributed by atoms with Crippen LogP contribution in [0.2, 0.25) is 0 Å². The second-order valence-corrected chi connectivity index (χ2v) is 5.75. The Morgan fingerprint density at radius 1 is 1.53 bits per heavy atom. The van der Waals surface area contributed by atoms with Crippen LogP contribution in [0.3, 0.4) is 0 Å². The Balaban J connectivity index is 1.75. The van der Waals surface area contributed by atoms with Crippen LogP contribution in [0.15, 0.2) is 12.4 Å². The van der Waals surface area contributed by atoms with Crippen molar-refractivity contribution in [1.82, 2.24) is 20.2 Å². The van der Waals surface area contributed by atoms with E-state index in [0.29, 0.717) is 6.54 Å². The molecule has 6 nitrogen and oxygen atoms in total. The van der Waals surface area contributed by atoms with Crippen molar-refractivity contribution in [2.75, 3.05) is 19.6 Å². The highest BCUT2D eigenvalue weighted by molar-refractivity contribution is 5.74. The predicted octanol–water partition coefficient (Wildman–Crippen LogP) is 0.438. The number of nitrogens with one attached hydrogen (secondary N) is 2. The molecule has 0 bridgehead atoms. The zero-order chi connectivity index (χ0) is 13.3. The number of aromatic amines is 1. The van der Waals surface area contributed by atoms with E-state index < -0.39 is 5.97 Å². The Morgan fingerprint density at radius 3 is 2.95 bits per heavy atom. The standard InChI is InChI=1S/C13H20N4O2/c18-12(19)10-7-13(1-3-14-4-2-13)9-17(10)8-11-15-5-6-16-11/h5-6,10,14H,1-4,7-9H2,(H,15,16)(H,18,19)/t10-/m1/s1. The lowest BCUT2D eigenvalue weighted by Crippen LogP contribution is -2.38. The van der Waals surface area contributed by atoms with Crippen LogP contribution in [0.5, 0.6) is 0 Å². The minimum atomic E-state index is -0.707. The summed E-state index contributed by atoms with van der Waals surface area (Å²) in [4.78, 5) is 20.8. The third-order valence-corrected chi connectivity index (χ3v) is 4.46. The number of aliphatic carboxylic acids is 1. The zero-order valence-electron chi connectivity index (χ0n) is 10.9. The number of aromatic nitrogens is 2. The Kier molecular flexibility index (Phi) is 3.28. The Morgan fingerprint density at radius 2 is 2.32 bits per heavy atom. The minimum Gasteiger partial charge on any atom is -0.480 e. The molecular formula is C13H20N4O2. The number of carboxylic acid groups (broad SMARTS) is 1. The summed E-state index contributed by atoms with van der Waals surface area (Å²) in [5, 5.41) is 12.8. The lowest BCUT2D eigenvalue weighted by Gasteiger charge is -2.33. The van der Waals surface area contributed by atoms with Crippen molar-refractivity contribution in [3.8, 4) is 0 Å². The molecule has 0 unspecified atom stereocenters. The first-order chi connectivity index (χ1) is 9.19. The van der Waals surface area contributed by atoms with E-state index in [1.165, 1.54) is 0 Å². The lowest BCUT2D eigenvalue weighted by molar-refractivity contribution is -0.142. The maximum Gasteiger partial charge on any atom is 0.320 e. The topological polar surface area (TPSA) is 81.2 Å². The van der Waals surface area contributed by atoms with Gasteiger partial charge in [-0.3, -0.25) is 9.69 Å². The van der Waals surface area contributed by atoms with E-state index in [2.05, 4.69) is 20.2 Å². The maximum absolute atomic E-state index is 11.5. The summed E-state index contributed by atoms with van der Waals surface area (Å²) in [5.74, 6) is 0.138. The Hall–Kier alpha value is -1.40. The number of hydrogen-bond donors (Lipinski definition) is 3. The molecule has 3 N–H and O–H groups in total. The van der Waals surface area contributed by atoms with Crippen molar-refractivity contribution >= 4 is 5.97 Å². The summed E-state index contributed by atoms with van der Waals surface area (Å²) in [5.41, 5.74) is 0.181. The van der Waals surface area contributed by atoms with Crippen molar-refractivity contribution in [3.05, 3.63) is 18.2 Å². The molecule has 0 radical (unpaired) electrons. The van der Waals surface area contributed by atoms with E-state index in [9.17, 15) is 9.90 Å². The summed E-state index contributed by atoms with van der Waals surface area (Å²) >= 11 is 0. The van der Waals surface area contributed by atoms with Gasteiger partial charge in [0.15, 0.2) is 0 Å². The van der Waals surface area contributed by atoms with Gasteiger partial charge in [0.2, 0.25) is 0 Å². The Labute approximate surface area is 112 Å². The van der Waals surface area contributed by atoms with E-state index >= 15 is 0 Å². The van der Waals surface area contributed by atoms with Gasteiger partial charge in [0, 0.05) is 18.9 Å². The van der Waals surface area contributed by atoms with Crippen molar-refractivity contribution in [2.45, 2.75) is 31.8 Å². The van der Waals surface area contributed by atoms with Crippen LogP contribution >= 0.6 is 0 Å². The molecule has 1 aromatic heterocycles. The van der Waals surface area contributed by atoms with Crippen LogP contribution in [0, 0.1) is 5.41 Å². The molecule has 0 aliphatic carbocycles. The molecule has 1 spiro atoms. The highest BCUT2D eigenvalue weighted by atomic mass is 16.4. The fraction of sp³-hybridized carbons (Fsp3) is 0.692. The normalized spacial score (nSPS) is 26.8. The number of carboxylic acids is 1. The van der Waals surface area contributed by atoms with Crippen molar-refractivity contribution in [3.63, 3.8) is 0 Å². The van der Waals surface area contributed by atoms with Gasteiger partial charge >= 0.3 is 5.97 Å². The van der Waals surface area contributed by atoms with Gasteiger partial charge in [0.1, 0.15) is 11.9 Å². The largest absolute Gasteiger partial charge is 0.480 e. The number of H-pyrrole nitrogens is 1. The van der Waals surface area contributed by atoms with E-state index in [1.807, 2.05) is 0 Å². The van der Waals surface area contributed by atoms with Gasteiger partial charge in [-0.05, 0) is 37.8 Å². The third kappa shape index (κ3) is 2.50. The molecule has 6 heteroatoms. The van der Waals surface area contributed by atoms with Gasteiger partial charge in [-0.25, -0.2) is 4.98 Å². The third-order valence-electron chi connectivity index (χ3n) is 4.46. The monoisotopic (exact) mass is 264 g/mol. The van der Waals surface area contributed by atoms with Crippen LogP contribution in [-0.4, -0.2) is 51.6 Å². The average molecular weight is 264 g/mol. The summed E-state index contributed by atoms with van der Waals surface area (Å²) in [6.45, 7) is 3.47. The number of carbonyl (C=O) groups is 1. The first-order valence-electron chi connectivity index (χ1n) is 6.84. The molecule has 104 valence electrons. The van der Waals surface area contributed by atoms with Gasteiger partial charge < -0.3 is 15.4 Å². The molecule has 3 heterocycles. The highest BCUT2D eigenvalue weighted by Gasteiger charge is 2.47. The summed E-state index contributed by atoms with van der Waals surface area (Å²) in [7, 11) is 0. The summed E-state index contributed by atoms with van der Waals surface area (Å²) in [6, 6.07) is -0.372. The fourth-order valence-electron chi connectivity index (χ4n) is 3.45. The van der Waals surface area contributed by atoms with Gasteiger partial charge in [-0.15, -0.1) is 0 Å². The van der Waals surface area contributed by atoms with Gasteiger partial charge in [-0.1, -0.05) is 0 Å². The van der Waals surface area contributed by atoms with Crippen LogP contribution in [-0.2, 0) is 11.3 Å². The SMILES string of the molecule is O=C(O)[C@H]1CC2(CCNCC2)CN1Cc1ncc[nH]1. The maximum atomic E-state index is 11.5. The van der Waals surface area contributed by atoms with Gasteiger partial charge in [0.05, 0.1) is 6.54 Å². The van der Waals surface area contributed by atoms with Crippen molar-refractivity contribution in [2.24, 2.45) is 5.41 Å². The number of nitrogens with zero attached hydrogens (tertiary/aromatic N) is 2. The molecule has 2 saturated heterocycles. The molecule has 2 aliphatic heterocycles. The number of piperidine rings is 1. The number of imidazole rings is 1. The molecule has 19 heavy (non-hydrogen) atoms. The lowest BCUT2D eigenvalue weighted by atomic mass is 9.77. The minimum absolute atomic E-state index is 0.181. The van der Waals surface area contributed by atoms with E-state index in [0.717, 1.165) is 44.7 Å². The quantitative estimate of drug-likeness (QED) is 0.738.